The van der Waals surface area contributed by atoms with E-state index >= 15 is 0 Å². The monoisotopic (exact) mass is 297 g/mol. The summed E-state index contributed by atoms with van der Waals surface area (Å²) in [4.78, 5) is 11.1. The molecule has 0 amide bonds. The molecule has 1 aromatic rings. The minimum atomic E-state index is -4.72. The highest BCUT2D eigenvalue weighted by Gasteiger charge is 2.34. The Kier molecular flexibility index (Phi) is 5.04. The van der Waals surface area contributed by atoms with Gasteiger partial charge in [-0.3, -0.25) is 0 Å². The number of rotatable bonds is 4. The minimum absolute atomic E-state index is 0.0958. The van der Waals surface area contributed by atoms with E-state index in [9.17, 15) is 26.7 Å². The minimum Gasteiger partial charge on any atom is -0.464 e. The Morgan fingerprint density at radius 1 is 1.40 bits per heavy atom. The fourth-order valence-electron chi connectivity index (χ4n) is 1.50. The van der Waals surface area contributed by atoms with E-state index in [2.05, 4.69) is 4.74 Å². The van der Waals surface area contributed by atoms with Crippen LogP contribution >= 0.6 is 0 Å². The first-order chi connectivity index (χ1) is 9.18. The van der Waals surface area contributed by atoms with E-state index in [1.54, 1.807) is 0 Å². The smallest absolute Gasteiger partial charge is 0.416 e. The number of hydrogen-bond donors (Lipinski definition) is 1. The van der Waals surface area contributed by atoms with Crippen LogP contribution in [0.25, 0.3) is 0 Å². The fourth-order valence-corrected chi connectivity index (χ4v) is 1.50. The Bertz CT molecular complexity index is 489. The molecule has 0 saturated carbocycles. The van der Waals surface area contributed by atoms with Gasteiger partial charge >= 0.3 is 12.1 Å². The van der Waals surface area contributed by atoms with Crippen molar-refractivity contribution in [1.82, 2.24) is 0 Å². The van der Waals surface area contributed by atoms with Crippen molar-refractivity contribution in [2.75, 3.05) is 6.61 Å². The van der Waals surface area contributed by atoms with E-state index in [0.717, 1.165) is 0 Å². The van der Waals surface area contributed by atoms with Gasteiger partial charge in [-0.25, -0.2) is 13.6 Å². The van der Waals surface area contributed by atoms with Gasteiger partial charge in [0.1, 0.15) is 5.82 Å². The van der Waals surface area contributed by atoms with Crippen LogP contribution in [0.2, 0.25) is 0 Å². The Labute approximate surface area is 111 Å². The van der Waals surface area contributed by atoms with Gasteiger partial charge in [-0.05, 0) is 19.1 Å². The van der Waals surface area contributed by atoms with Gasteiger partial charge in [0.25, 0.3) is 0 Å². The topological polar surface area (TPSA) is 52.3 Å². The van der Waals surface area contributed by atoms with Crippen LogP contribution in [0, 0.1) is 5.82 Å². The van der Waals surface area contributed by atoms with Crippen LogP contribution in [-0.2, 0) is 15.7 Å². The SMILES string of the molecule is CCOC(=O)C(F)[C@@H](N)c1ccc(C(F)(F)F)cc1F. The van der Waals surface area contributed by atoms with Crippen LogP contribution < -0.4 is 5.73 Å². The largest absolute Gasteiger partial charge is 0.464 e. The summed E-state index contributed by atoms with van der Waals surface area (Å²) in [6.07, 6.45) is -7.08. The lowest BCUT2D eigenvalue weighted by atomic mass is 10.0. The molecule has 0 spiro atoms. The van der Waals surface area contributed by atoms with Crippen molar-refractivity contribution in [2.45, 2.75) is 25.3 Å². The molecule has 1 unspecified atom stereocenters. The molecule has 0 heterocycles. The Hall–Kier alpha value is -1.70. The summed E-state index contributed by atoms with van der Waals surface area (Å²) in [5.74, 6) is -2.63. The second-order valence-electron chi connectivity index (χ2n) is 3.91. The number of hydrogen-bond acceptors (Lipinski definition) is 3. The molecule has 0 fully saturated rings. The molecule has 0 saturated heterocycles. The second-order valence-corrected chi connectivity index (χ2v) is 3.91. The predicted octanol–water partition coefficient (Wildman–Crippen LogP) is 2.75. The molecule has 0 aliphatic carbocycles. The van der Waals surface area contributed by atoms with E-state index < -0.39 is 41.3 Å². The Morgan fingerprint density at radius 3 is 2.45 bits per heavy atom. The summed E-state index contributed by atoms with van der Waals surface area (Å²) in [6, 6.07) is -0.269. The maximum atomic E-state index is 13.6. The summed E-state index contributed by atoms with van der Waals surface area (Å²) in [5.41, 5.74) is 3.58. The Balaban J connectivity index is 3.00. The zero-order chi connectivity index (χ0) is 15.5. The number of nitrogens with two attached hydrogens (primary N) is 1. The van der Waals surface area contributed by atoms with Gasteiger partial charge < -0.3 is 10.5 Å². The molecule has 0 aromatic heterocycles. The third-order valence-corrected chi connectivity index (χ3v) is 2.51. The maximum Gasteiger partial charge on any atom is 0.416 e. The van der Waals surface area contributed by atoms with Gasteiger partial charge in [0, 0.05) is 5.56 Å². The van der Waals surface area contributed by atoms with Gasteiger partial charge in [0.05, 0.1) is 18.2 Å². The first-order valence-electron chi connectivity index (χ1n) is 5.61. The molecule has 2 atom stereocenters. The van der Waals surface area contributed by atoms with Gasteiger partial charge in [0.15, 0.2) is 0 Å². The van der Waals surface area contributed by atoms with Crippen molar-refractivity contribution in [3.05, 3.63) is 35.1 Å². The highest BCUT2D eigenvalue weighted by molar-refractivity contribution is 5.75. The number of carbonyl (C=O) groups excluding carboxylic acids is 1. The molecule has 1 rings (SSSR count). The number of ether oxygens (including phenoxy) is 1. The molecule has 2 N–H and O–H groups in total. The predicted molar refractivity (Wildman–Crippen MR) is 59.9 cm³/mol. The maximum absolute atomic E-state index is 13.6. The molecule has 8 heteroatoms. The molecule has 3 nitrogen and oxygen atoms in total. The first-order valence-corrected chi connectivity index (χ1v) is 5.61. The molecule has 20 heavy (non-hydrogen) atoms. The normalized spacial score (nSPS) is 14.8. The number of benzene rings is 1. The van der Waals surface area contributed by atoms with Crippen LogP contribution in [-0.4, -0.2) is 18.7 Å². The van der Waals surface area contributed by atoms with E-state index in [-0.39, 0.29) is 12.7 Å². The highest BCUT2D eigenvalue weighted by atomic mass is 19.4. The van der Waals surface area contributed by atoms with Crippen LogP contribution in [0.15, 0.2) is 18.2 Å². The number of carbonyl (C=O) groups is 1. The zero-order valence-electron chi connectivity index (χ0n) is 10.4. The van der Waals surface area contributed by atoms with Crippen molar-refractivity contribution in [2.24, 2.45) is 5.73 Å². The molecule has 0 aliphatic rings. The summed E-state index contributed by atoms with van der Waals surface area (Å²) in [6.45, 7) is 1.34. The van der Waals surface area contributed by atoms with E-state index in [1.807, 2.05) is 0 Å². The average Bonchev–Trinajstić information content (AvgIpc) is 2.36. The van der Waals surface area contributed by atoms with Crippen LogP contribution in [0.4, 0.5) is 22.0 Å². The fraction of sp³-hybridized carbons (Fsp3) is 0.417. The third-order valence-electron chi connectivity index (χ3n) is 2.51. The number of alkyl halides is 4. The zero-order valence-corrected chi connectivity index (χ0v) is 10.4. The highest BCUT2D eigenvalue weighted by Crippen LogP contribution is 2.31. The summed E-state index contributed by atoms with van der Waals surface area (Å²) >= 11 is 0. The van der Waals surface area contributed by atoms with E-state index in [0.29, 0.717) is 12.1 Å². The quantitative estimate of drug-likeness (QED) is 0.687. The van der Waals surface area contributed by atoms with Gasteiger partial charge in [-0.1, -0.05) is 6.07 Å². The van der Waals surface area contributed by atoms with Gasteiger partial charge in [0.2, 0.25) is 6.17 Å². The van der Waals surface area contributed by atoms with Gasteiger partial charge in [-0.15, -0.1) is 0 Å². The van der Waals surface area contributed by atoms with Crippen molar-refractivity contribution in [3.8, 4) is 0 Å². The van der Waals surface area contributed by atoms with Crippen molar-refractivity contribution in [1.29, 1.82) is 0 Å². The standard InChI is InChI=1S/C12H12F5NO2/c1-2-20-11(19)9(14)10(18)7-4-3-6(5-8(7)13)12(15,16)17/h3-5,9-10H,2,18H2,1H3/t9?,10-/m0/s1. The van der Waals surface area contributed by atoms with E-state index in [1.165, 1.54) is 6.92 Å². The van der Waals surface area contributed by atoms with E-state index in [4.69, 9.17) is 5.73 Å². The van der Waals surface area contributed by atoms with Crippen molar-refractivity contribution < 1.29 is 31.5 Å². The van der Waals surface area contributed by atoms with Crippen molar-refractivity contribution >= 4 is 5.97 Å². The second kappa shape index (κ2) is 6.17. The molecular formula is C12H12F5NO2. The lowest BCUT2D eigenvalue weighted by Gasteiger charge is -2.17. The summed E-state index contributed by atoms with van der Waals surface area (Å²) < 4.78 is 68.5. The molecule has 0 aliphatic heterocycles. The number of halogens is 5. The summed E-state index contributed by atoms with van der Waals surface area (Å²) in [7, 11) is 0. The molecule has 0 bridgehead atoms. The third kappa shape index (κ3) is 3.66. The summed E-state index contributed by atoms with van der Waals surface area (Å²) in [5, 5.41) is 0. The molecular weight excluding hydrogens is 285 g/mol. The Morgan fingerprint density at radius 2 is 2.00 bits per heavy atom. The molecule has 112 valence electrons. The van der Waals surface area contributed by atoms with Crippen LogP contribution in [0.3, 0.4) is 0 Å². The number of esters is 1. The van der Waals surface area contributed by atoms with Gasteiger partial charge in [-0.2, -0.15) is 13.2 Å². The lowest BCUT2D eigenvalue weighted by Crippen LogP contribution is -2.32. The van der Waals surface area contributed by atoms with Crippen LogP contribution in [0.5, 0.6) is 0 Å². The van der Waals surface area contributed by atoms with Crippen molar-refractivity contribution in [3.63, 3.8) is 0 Å². The molecule has 0 radical (unpaired) electrons. The first kappa shape index (κ1) is 16.4. The lowest BCUT2D eigenvalue weighted by molar-refractivity contribution is -0.150. The average molecular weight is 297 g/mol. The molecule has 1 aromatic carbocycles. The van der Waals surface area contributed by atoms with Crippen LogP contribution in [0.1, 0.15) is 24.1 Å².